The Hall–Kier alpha value is -1.87. The number of aromatic nitrogens is 5. The maximum absolute atomic E-state index is 10.6. The summed E-state index contributed by atoms with van der Waals surface area (Å²) < 4.78 is 3.33. The Kier molecular flexibility index (Phi) is 4.17. The molecule has 0 aliphatic carbocycles. The lowest BCUT2D eigenvalue weighted by atomic mass is 10.5. The molecule has 2 N–H and O–H groups in total. The molecule has 2 aromatic heterocycles. The normalized spacial score (nSPS) is 10.8. The third-order valence-corrected chi connectivity index (χ3v) is 3.28. The van der Waals surface area contributed by atoms with E-state index in [1.165, 1.54) is 0 Å². The molecule has 0 aliphatic heterocycles. The van der Waals surface area contributed by atoms with Gasteiger partial charge in [-0.2, -0.15) is 5.10 Å². The average molecular weight is 283 g/mol. The van der Waals surface area contributed by atoms with Gasteiger partial charge in [0.25, 0.3) is 0 Å². The van der Waals surface area contributed by atoms with Crippen LogP contribution in [0.15, 0.2) is 17.6 Å². The number of nitrogens with zero attached hydrogens (tertiary/aromatic N) is 5. The van der Waals surface area contributed by atoms with Crippen LogP contribution in [-0.2, 0) is 17.9 Å². The Morgan fingerprint density at radius 1 is 1.47 bits per heavy atom. The summed E-state index contributed by atoms with van der Waals surface area (Å²) >= 11 is 1.04. The van der Waals surface area contributed by atoms with Gasteiger partial charge in [0.2, 0.25) is 0 Å². The topological polar surface area (TPSA) is 106 Å². The van der Waals surface area contributed by atoms with Crippen LogP contribution in [0.25, 0.3) is 5.69 Å². The molecule has 0 amide bonds. The van der Waals surface area contributed by atoms with Crippen LogP contribution < -0.4 is 0 Å². The van der Waals surface area contributed by atoms with E-state index in [2.05, 4.69) is 15.3 Å². The van der Waals surface area contributed by atoms with Crippen LogP contribution >= 0.6 is 11.8 Å². The maximum Gasteiger partial charge on any atom is 0.313 e. The van der Waals surface area contributed by atoms with Crippen molar-refractivity contribution >= 4 is 17.7 Å². The first-order valence-electron chi connectivity index (χ1n) is 5.58. The molecule has 0 aromatic carbocycles. The van der Waals surface area contributed by atoms with Gasteiger partial charge in [-0.1, -0.05) is 11.8 Å². The first-order valence-corrected chi connectivity index (χ1v) is 6.56. The summed E-state index contributed by atoms with van der Waals surface area (Å²) in [6, 6.07) is 0. The van der Waals surface area contributed by atoms with Crippen molar-refractivity contribution in [2.45, 2.75) is 25.2 Å². The molecule has 0 bridgehead atoms. The van der Waals surface area contributed by atoms with Crippen LogP contribution in [0.5, 0.6) is 0 Å². The van der Waals surface area contributed by atoms with Gasteiger partial charge in [0.15, 0.2) is 11.0 Å². The van der Waals surface area contributed by atoms with E-state index in [0.29, 0.717) is 23.2 Å². The van der Waals surface area contributed by atoms with E-state index in [-0.39, 0.29) is 12.4 Å². The molecule has 0 radical (unpaired) electrons. The van der Waals surface area contributed by atoms with Crippen molar-refractivity contribution in [3.8, 4) is 5.69 Å². The standard InChI is InChI=1S/C10H13N5O3S/c1-2-14-4-7(3-11-14)15-8(5-16)12-13-10(15)19-6-9(17)18/h3-4,16H,2,5-6H2,1H3,(H,17,18). The van der Waals surface area contributed by atoms with E-state index < -0.39 is 5.97 Å². The number of rotatable bonds is 6. The molecule has 2 aromatic rings. The van der Waals surface area contributed by atoms with E-state index in [1.54, 1.807) is 21.6 Å². The summed E-state index contributed by atoms with van der Waals surface area (Å²) in [6.45, 7) is 2.39. The third-order valence-electron chi connectivity index (χ3n) is 2.37. The maximum atomic E-state index is 10.6. The predicted molar refractivity (Wildman–Crippen MR) is 67.1 cm³/mol. The molecule has 0 fully saturated rings. The van der Waals surface area contributed by atoms with Gasteiger partial charge in [-0.05, 0) is 6.92 Å². The highest BCUT2D eigenvalue weighted by Gasteiger charge is 2.16. The fraction of sp³-hybridized carbons (Fsp3) is 0.400. The quantitative estimate of drug-likeness (QED) is 0.727. The fourth-order valence-corrected chi connectivity index (χ4v) is 2.21. The molecule has 0 unspecified atom stereocenters. The number of hydrogen-bond acceptors (Lipinski definition) is 6. The molecule has 8 nitrogen and oxygen atoms in total. The Morgan fingerprint density at radius 3 is 2.84 bits per heavy atom. The molecule has 2 rings (SSSR count). The van der Waals surface area contributed by atoms with Gasteiger partial charge in [-0.25, -0.2) is 0 Å². The van der Waals surface area contributed by atoms with Crippen LogP contribution in [0.4, 0.5) is 0 Å². The summed E-state index contributed by atoms with van der Waals surface area (Å²) in [6.07, 6.45) is 3.41. The van der Waals surface area contributed by atoms with Gasteiger partial charge in [0.1, 0.15) is 6.61 Å². The highest BCUT2D eigenvalue weighted by atomic mass is 32.2. The summed E-state index contributed by atoms with van der Waals surface area (Å²) in [5, 5.41) is 30.2. The van der Waals surface area contributed by atoms with Crippen molar-refractivity contribution in [2.24, 2.45) is 0 Å². The number of aliphatic carboxylic acids is 1. The molecular formula is C10H13N5O3S. The number of aliphatic hydroxyl groups is 1. The Bertz CT molecular complexity index is 579. The van der Waals surface area contributed by atoms with Crippen molar-refractivity contribution < 1.29 is 15.0 Å². The lowest BCUT2D eigenvalue weighted by molar-refractivity contribution is -0.133. The second-order valence-corrected chi connectivity index (χ2v) is 4.57. The lowest BCUT2D eigenvalue weighted by Gasteiger charge is -2.05. The van der Waals surface area contributed by atoms with E-state index in [0.717, 1.165) is 11.8 Å². The Balaban J connectivity index is 2.35. The Labute approximate surface area is 113 Å². The number of aliphatic hydroxyl groups excluding tert-OH is 1. The van der Waals surface area contributed by atoms with E-state index in [9.17, 15) is 9.90 Å². The summed E-state index contributed by atoms with van der Waals surface area (Å²) in [7, 11) is 0. The minimum atomic E-state index is -0.936. The molecule has 0 saturated heterocycles. The highest BCUT2D eigenvalue weighted by molar-refractivity contribution is 7.99. The number of carboxylic acids is 1. The van der Waals surface area contributed by atoms with Gasteiger partial charge < -0.3 is 10.2 Å². The zero-order valence-electron chi connectivity index (χ0n) is 10.2. The van der Waals surface area contributed by atoms with Crippen LogP contribution in [0.3, 0.4) is 0 Å². The zero-order valence-corrected chi connectivity index (χ0v) is 11.0. The molecular weight excluding hydrogens is 270 g/mol. The monoisotopic (exact) mass is 283 g/mol. The smallest absolute Gasteiger partial charge is 0.313 e. The van der Waals surface area contributed by atoms with E-state index in [4.69, 9.17) is 5.11 Å². The second-order valence-electron chi connectivity index (χ2n) is 3.63. The van der Waals surface area contributed by atoms with Crippen LogP contribution in [0.2, 0.25) is 0 Å². The number of aryl methyl sites for hydroxylation is 1. The first kappa shape index (κ1) is 13.6. The van der Waals surface area contributed by atoms with Gasteiger partial charge in [-0.3, -0.25) is 14.0 Å². The van der Waals surface area contributed by atoms with Gasteiger partial charge in [0.05, 0.1) is 17.6 Å². The van der Waals surface area contributed by atoms with E-state index >= 15 is 0 Å². The zero-order chi connectivity index (χ0) is 13.8. The molecule has 102 valence electrons. The summed E-state index contributed by atoms with van der Waals surface area (Å²) in [4.78, 5) is 10.6. The molecule has 0 spiro atoms. The SMILES string of the molecule is CCn1cc(-n2c(CO)nnc2SCC(=O)O)cn1. The lowest BCUT2D eigenvalue weighted by Crippen LogP contribution is -2.04. The summed E-state index contributed by atoms with van der Waals surface area (Å²) in [5.41, 5.74) is 0.698. The number of hydrogen-bond donors (Lipinski definition) is 2. The van der Waals surface area contributed by atoms with Crippen molar-refractivity contribution in [2.75, 3.05) is 5.75 Å². The number of thioether (sulfide) groups is 1. The average Bonchev–Trinajstić information content (AvgIpc) is 3.01. The molecule has 0 saturated carbocycles. The van der Waals surface area contributed by atoms with Crippen molar-refractivity contribution in [1.82, 2.24) is 24.5 Å². The largest absolute Gasteiger partial charge is 0.481 e. The number of carboxylic acid groups (broad SMARTS) is 1. The second kappa shape index (κ2) is 5.85. The Morgan fingerprint density at radius 2 is 2.26 bits per heavy atom. The van der Waals surface area contributed by atoms with Gasteiger partial charge >= 0.3 is 5.97 Å². The number of carbonyl (C=O) groups is 1. The first-order chi connectivity index (χ1) is 9.15. The molecule has 2 heterocycles. The highest BCUT2D eigenvalue weighted by Crippen LogP contribution is 2.21. The van der Waals surface area contributed by atoms with Gasteiger partial charge in [0, 0.05) is 12.7 Å². The fourth-order valence-electron chi connectivity index (χ4n) is 1.52. The molecule has 0 aliphatic rings. The predicted octanol–water partition coefficient (Wildman–Crippen LogP) is 0.153. The third kappa shape index (κ3) is 2.93. The van der Waals surface area contributed by atoms with Gasteiger partial charge in [-0.15, -0.1) is 10.2 Å². The molecule has 19 heavy (non-hydrogen) atoms. The van der Waals surface area contributed by atoms with Crippen molar-refractivity contribution in [1.29, 1.82) is 0 Å². The van der Waals surface area contributed by atoms with Crippen LogP contribution in [0, 0.1) is 0 Å². The minimum Gasteiger partial charge on any atom is -0.481 e. The van der Waals surface area contributed by atoms with Crippen LogP contribution in [0.1, 0.15) is 12.7 Å². The van der Waals surface area contributed by atoms with Crippen molar-refractivity contribution in [3.63, 3.8) is 0 Å². The molecule has 9 heteroatoms. The minimum absolute atomic E-state index is 0.120. The van der Waals surface area contributed by atoms with E-state index in [1.807, 2.05) is 6.92 Å². The molecule has 0 atom stereocenters. The van der Waals surface area contributed by atoms with Crippen LogP contribution in [-0.4, -0.2) is 46.5 Å². The summed E-state index contributed by atoms with van der Waals surface area (Å²) in [5.74, 6) is -0.705. The van der Waals surface area contributed by atoms with Crippen molar-refractivity contribution in [3.05, 3.63) is 18.2 Å².